The Morgan fingerprint density at radius 2 is 1.73 bits per heavy atom. The molecule has 0 unspecified atom stereocenters. The molecule has 1 aromatic carbocycles. The number of benzene rings is 1. The van der Waals surface area contributed by atoms with Crippen LogP contribution in [0.2, 0.25) is 0 Å². The molecule has 2 aromatic rings. The number of unbranched alkanes of at least 4 members (excludes halogenated alkanes) is 1. The summed E-state index contributed by atoms with van der Waals surface area (Å²) >= 11 is 0. The molecule has 7 nitrogen and oxygen atoms in total. The summed E-state index contributed by atoms with van der Waals surface area (Å²) in [4.78, 5) is 16.4. The van der Waals surface area contributed by atoms with E-state index in [2.05, 4.69) is 46.9 Å². The van der Waals surface area contributed by atoms with Crippen molar-refractivity contribution in [3.63, 3.8) is 0 Å². The van der Waals surface area contributed by atoms with Crippen molar-refractivity contribution in [3.05, 3.63) is 52.4 Å². The molecule has 30 heavy (non-hydrogen) atoms. The summed E-state index contributed by atoms with van der Waals surface area (Å²) in [6, 6.07) is 7.62. The highest BCUT2D eigenvalue weighted by Gasteiger charge is 2.13. The maximum Gasteiger partial charge on any atom is 0.251 e. The first-order valence-corrected chi connectivity index (χ1v) is 10.4. The molecule has 3 N–H and O–H groups in total. The fourth-order valence-corrected chi connectivity index (χ4v) is 2.97. The number of carbonyl (C=O) groups excluding carboxylic acids is 1. The highest BCUT2D eigenvalue weighted by Crippen LogP contribution is 2.15. The first kappa shape index (κ1) is 25.9. The molecule has 1 heterocycles. The molecule has 0 fully saturated rings. The van der Waals surface area contributed by atoms with Crippen molar-refractivity contribution >= 4 is 35.8 Å². The Morgan fingerprint density at radius 1 is 1.03 bits per heavy atom. The fraction of sp³-hybridized carbons (Fsp3) is 0.500. The van der Waals surface area contributed by atoms with Gasteiger partial charge in [0.1, 0.15) is 5.76 Å². The number of nitrogens with zero attached hydrogens (tertiary/aromatic N) is 2. The normalized spacial score (nSPS) is 11.0. The van der Waals surface area contributed by atoms with Gasteiger partial charge in [0, 0.05) is 44.2 Å². The zero-order chi connectivity index (χ0) is 21.1. The van der Waals surface area contributed by atoms with E-state index in [4.69, 9.17) is 4.52 Å². The van der Waals surface area contributed by atoms with Crippen LogP contribution in [0.25, 0.3) is 0 Å². The molecule has 1 aromatic heterocycles. The van der Waals surface area contributed by atoms with Crippen molar-refractivity contribution in [2.24, 2.45) is 4.99 Å². The van der Waals surface area contributed by atoms with E-state index in [9.17, 15) is 4.79 Å². The number of guanidine groups is 1. The first-order chi connectivity index (χ1) is 14.1. The van der Waals surface area contributed by atoms with Gasteiger partial charge < -0.3 is 20.5 Å². The number of halogens is 1. The van der Waals surface area contributed by atoms with Gasteiger partial charge in [0.25, 0.3) is 5.91 Å². The number of aliphatic imine (C=N–C) groups is 1. The number of carbonyl (C=O) groups is 1. The second kappa shape index (κ2) is 14.0. The van der Waals surface area contributed by atoms with Crippen LogP contribution in [0.3, 0.4) is 0 Å². The van der Waals surface area contributed by atoms with Crippen molar-refractivity contribution in [1.82, 2.24) is 21.1 Å². The van der Waals surface area contributed by atoms with Gasteiger partial charge in [0.2, 0.25) is 0 Å². The van der Waals surface area contributed by atoms with Crippen LogP contribution in [0.4, 0.5) is 0 Å². The Labute approximate surface area is 196 Å². The highest BCUT2D eigenvalue weighted by molar-refractivity contribution is 14.0. The molecule has 1 amide bonds. The van der Waals surface area contributed by atoms with Crippen molar-refractivity contribution < 1.29 is 9.32 Å². The molecule has 0 aliphatic carbocycles. The number of nitrogens with one attached hydrogen (secondary N) is 3. The van der Waals surface area contributed by atoms with Gasteiger partial charge >= 0.3 is 0 Å². The van der Waals surface area contributed by atoms with E-state index in [1.54, 1.807) is 7.05 Å². The molecule has 0 saturated carbocycles. The molecule has 0 radical (unpaired) electrons. The zero-order valence-electron chi connectivity index (χ0n) is 18.4. The van der Waals surface area contributed by atoms with Gasteiger partial charge in [-0.3, -0.25) is 9.79 Å². The summed E-state index contributed by atoms with van der Waals surface area (Å²) in [5.74, 6) is 1.59. The first-order valence-electron chi connectivity index (χ1n) is 10.4. The van der Waals surface area contributed by atoms with Gasteiger partial charge in [-0.25, -0.2) is 0 Å². The van der Waals surface area contributed by atoms with Crippen LogP contribution >= 0.6 is 24.0 Å². The standard InChI is InChI=1S/C22H33N5O2.HI/c1-5-8-13-24-21(28)17-11-9-16(10-12-17)14-25-22(23-4)26-15-18-19(6-2)27-29-20(18)7-3;/h9-12H,5-8,13-15H2,1-4H3,(H,24,28)(H2,23,25,26);1H. The summed E-state index contributed by atoms with van der Waals surface area (Å²) < 4.78 is 5.41. The number of amides is 1. The van der Waals surface area contributed by atoms with E-state index in [1.165, 1.54) is 0 Å². The molecule has 0 saturated heterocycles. The summed E-state index contributed by atoms with van der Waals surface area (Å²) in [7, 11) is 1.74. The van der Waals surface area contributed by atoms with Gasteiger partial charge in [-0.15, -0.1) is 24.0 Å². The topological polar surface area (TPSA) is 91.5 Å². The van der Waals surface area contributed by atoms with E-state index in [0.29, 0.717) is 31.2 Å². The second-order valence-electron chi connectivity index (χ2n) is 6.82. The van der Waals surface area contributed by atoms with E-state index in [-0.39, 0.29) is 29.9 Å². The summed E-state index contributed by atoms with van der Waals surface area (Å²) in [5, 5.41) is 13.7. The number of aromatic nitrogens is 1. The van der Waals surface area contributed by atoms with Crippen molar-refractivity contribution in [1.29, 1.82) is 0 Å². The molecule has 0 bridgehead atoms. The van der Waals surface area contributed by atoms with E-state index >= 15 is 0 Å². The molecule has 8 heteroatoms. The lowest BCUT2D eigenvalue weighted by molar-refractivity contribution is 0.0953. The number of hydrogen-bond donors (Lipinski definition) is 3. The van der Waals surface area contributed by atoms with Gasteiger partial charge in [0.05, 0.1) is 5.69 Å². The van der Waals surface area contributed by atoms with E-state index in [1.807, 2.05) is 24.3 Å². The lowest BCUT2D eigenvalue weighted by Crippen LogP contribution is -2.36. The molecule has 0 aliphatic heterocycles. The van der Waals surface area contributed by atoms with Crippen molar-refractivity contribution in [2.45, 2.75) is 59.5 Å². The predicted octanol–water partition coefficient (Wildman–Crippen LogP) is 3.81. The minimum Gasteiger partial charge on any atom is -0.361 e. The van der Waals surface area contributed by atoms with Crippen LogP contribution in [0.5, 0.6) is 0 Å². The second-order valence-corrected chi connectivity index (χ2v) is 6.82. The Morgan fingerprint density at radius 3 is 2.33 bits per heavy atom. The molecule has 166 valence electrons. The predicted molar refractivity (Wildman–Crippen MR) is 131 cm³/mol. The van der Waals surface area contributed by atoms with Crippen LogP contribution in [0, 0.1) is 0 Å². The van der Waals surface area contributed by atoms with Crippen LogP contribution in [0.15, 0.2) is 33.8 Å². The van der Waals surface area contributed by atoms with Gasteiger partial charge in [-0.05, 0) is 30.5 Å². The van der Waals surface area contributed by atoms with Crippen LogP contribution in [-0.4, -0.2) is 30.6 Å². The van der Waals surface area contributed by atoms with Crippen molar-refractivity contribution in [2.75, 3.05) is 13.6 Å². The molecule has 2 rings (SSSR count). The largest absolute Gasteiger partial charge is 0.361 e. The Hall–Kier alpha value is -2.10. The lowest BCUT2D eigenvalue weighted by atomic mass is 10.1. The smallest absolute Gasteiger partial charge is 0.251 e. The summed E-state index contributed by atoms with van der Waals surface area (Å²) in [6.07, 6.45) is 3.71. The molecule has 0 spiro atoms. The molecular weight excluding hydrogens is 493 g/mol. The van der Waals surface area contributed by atoms with Gasteiger partial charge in [0.15, 0.2) is 5.96 Å². The highest BCUT2D eigenvalue weighted by atomic mass is 127. The van der Waals surface area contributed by atoms with E-state index in [0.717, 1.165) is 48.3 Å². The van der Waals surface area contributed by atoms with Crippen LogP contribution < -0.4 is 16.0 Å². The maximum absolute atomic E-state index is 12.1. The number of aryl methyl sites for hydroxylation is 2. The van der Waals surface area contributed by atoms with Crippen LogP contribution in [-0.2, 0) is 25.9 Å². The fourth-order valence-electron chi connectivity index (χ4n) is 2.97. The van der Waals surface area contributed by atoms with Gasteiger partial charge in [-0.2, -0.15) is 0 Å². The molecule has 0 aliphatic rings. The third-order valence-electron chi connectivity index (χ3n) is 4.76. The Kier molecular flexibility index (Phi) is 12.1. The summed E-state index contributed by atoms with van der Waals surface area (Å²) in [6.45, 7) is 8.18. The average molecular weight is 527 g/mol. The molecular formula is C22H34IN5O2. The SMILES string of the molecule is CCCCNC(=O)c1ccc(CNC(=NC)NCc2c(CC)noc2CC)cc1.I. The van der Waals surface area contributed by atoms with Crippen LogP contribution in [0.1, 0.15) is 66.6 Å². The minimum absolute atomic E-state index is 0. The quantitative estimate of drug-likeness (QED) is 0.189. The van der Waals surface area contributed by atoms with E-state index < -0.39 is 0 Å². The van der Waals surface area contributed by atoms with Gasteiger partial charge in [-0.1, -0.05) is 44.5 Å². The maximum atomic E-state index is 12.1. The van der Waals surface area contributed by atoms with Crippen molar-refractivity contribution in [3.8, 4) is 0 Å². The Bertz CT molecular complexity index is 781. The zero-order valence-corrected chi connectivity index (χ0v) is 20.7. The third kappa shape index (κ3) is 7.62. The minimum atomic E-state index is -0.0254. The number of hydrogen-bond acceptors (Lipinski definition) is 4. The average Bonchev–Trinajstić information content (AvgIpc) is 3.16. The third-order valence-corrected chi connectivity index (χ3v) is 4.76. The summed E-state index contributed by atoms with van der Waals surface area (Å²) in [5.41, 5.74) is 3.85. The number of rotatable bonds is 10. The Balaban J connectivity index is 0.00000450. The monoisotopic (exact) mass is 527 g/mol. The lowest BCUT2D eigenvalue weighted by Gasteiger charge is -2.12. The molecule has 0 atom stereocenters.